The second-order valence-electron chi connectivity index (χ2n) is 12.0. The molecular formula is C42H29IrN3S-2. The molecule has 0 bridgehead atoms. The predicted octanol–water partition coefficient (Wildman–Crippen LogP) is 10.8. The Bertz CT molecular complexity index is 2330. The molecule has 1 aliphatic rings. The van der Waals surface area contributed by atoms with Crippen LogP contribution in [0.25, 0.3) is 65.2 Å². The monoisotopic (exact) mass is 800 g/mol. The van der Waals surface area contributed by atoms with E-state index >= 15 is 0 Å². The van der Waals surface area contributed by atoms with E-state index in [0.29, 0.717) is 0 Å². The fraction of sp³-hybridized carbons (Fsp3) is 0.0714. The maximum atomic E-state index is 4.79. The van der Waals surface area contributed by atoms with Crippen molar-refractivity contribution in [2.75, 3.05) is 0 Å². The van der Waals surface area contributed by atoms with Crippen LogP contribution in [-0.2, 0) is 25.5 Å². The molecule has 0 saturated carbocycles. The Morgan fingerprint density at radius 3 is 2.32 bits per heavy atom. The van der Waals surface area contributed by atoms with Gasteiger partial charge in [0.15, 0.2) is 0 Å². The molecule has 0 aliphatic heterocycles. The molecule has 0 spiro atoms. The SMILES string of the molecule is CC1(C)c2c[c-]c(-c3ccc4cnccc4n3)cc2-c2ccccc21.[Ir].[c-]1ccc(-c2ccccc2)cc1-c1nc2ccccc2s1. The van der Waals surface area contributed by atoms with Crippen LogP contribution < -0.4 is 0 Å². The Morgan fingerprint density at radius 2 is 1.45 bits per heavy atom. The molecule has 0 N–H and O–H groups in total. The fourth-order valence-corrected chi connectivity index (χ4v) is 7.24. The molecule has 0 fully saturated rings. The van der Waals surface area contributed by atoms with Crippen molar-refractivity contribution in [2.45, 2.75) is 19.3 Å². The van der Waals surface area contributed by atoms with Crippen LogP contribution in [0.3, 0.4) is 0 Å². The van der Waals surface area contributed by atoms with Gasteiger partial charge in [-0.2, -0.15) is 11.3 Å². The number of rotatable bonds is 3. The number of para-hydroxylation sites is 1. The molecule has 8 aromatic rings. The van der Waals surface area contributed by atoms with Crippen molar-refractivity contribution in [3.05, 3.63) is 163 Å². The summed E-state index contributed by atoms with van der Waals surface area (Å²) >= 11 is 1.71. The van der Waals surface area contributed by atoms with E-state index in [9.17, 15) is 0 Å². The first-order chi connectivity index (χ1) is 22.5. The van der Waals surface area contributed by atoms with Gasteiger partial charge in [-0.15, -0.1) is 64.7 Å². The number of pyridine rings is 2. The van der Waals surface area contributed by atoms with Crippen molar-refractivity contribution in [1.82, 2.24) is 15.0 Å². The van der Waals surface area contributed by atoms with Crippen molar-refractivity contribution in [3.63, 3.8) is 0 Å². The van der Waals surface area contributed by atoms with E-state index in [4.69, 9.17) is 9.97 Å². The largest absolute Gasteiger partial charge is 0.296 e. The summed E-state index contributed by atoms with van der Waals surface area (Å²) in [7, 11) is 0. The normalized spacial score (nSPS) is 12.5. The van der Waals surface area contributed by atoms with Gasteiger partial charge in [0.1, 0.15) is 0 Å². The Kier molecular flexibility index (Phi) is 8.38. The van der Waals surface area contributed by atoms with Crippen LogP contribution in [0.4, 0.5) is 0 Å². The molecule has 0 unspecified atom stereocenters. The molecule has 0 atom stereocenters. The standard InChI is InChI=1S/C23H17N2.C19H12NS.Ir/c1-23(2)19-6-4-3-5-17(19)18-13-15(7-9-20(18)23)21-10-8-16-14-24-12-11-22(16)25-21;1-2-7-14(8-3-1)15-9-6-10-16(13-15)19-20-17-11-4-5-12-18(17)21-19;/h3-6,8-14H,1-2H3;1-9,11-13H;/q2*-1;. The van der Waals surface area contributed by atoms with Crippen molar-refractivity contribution < 1.29 is 20.1 Å². The summed E-state index contributed by atoms with van der Waals surface area (Å²) in [5.41, 5.74) is 12.8. The van der Waals surface area contributed by atoms with E-state index < -0.39 is 0 Å². The summed E-state index contributed by atoms with van der Waals surface area (Å²) in [5, 5.41) is 2.08. The quantitative estimate of drug-likeness (QED) is 0.167. The summed E-state index contributed by atoms with van der Waals surface area (Å²) in [4.78, 5) is 13.7. The Balaban J connectivity index is 0.000000148. The zero-order valence-corrected chi connectivity index (χ0v) is 29.1. The van der Waals surface area contributed by atoms with E-state index in [1.54, 1.807) is 17.5 Å². The summed E-state index contributed by atoms with van der Waals surface area (Å²) < 4.78 is 1.21. The maximum Gasteiger partial charge on any atom is 0.0697 e. The number of aromatic nitrogens is 3. The van der Waals surface area contributed by atoms with Gasteiger partial charge in [0.2, 0.25) is 0 Å². The molecule has 3 aromatic heterocycles. The average Bonchev–Trinajstić information content (AvgIpc) is 3.65. The summed E-state index contributed by atoms with van der Waals surface area (Å²) in [6.07, 6.45) is 3.63. The molecule has 0 saturated heterocycles. The Labute approximate surface area is 292 Å². The average molecular weight is 800 g/mol. The first-order valence-corrected chi connectivity index (χ1v) is 16.2. The molecule has 1 aliphatic carbocycles. The number of thiazole rings is 1. The van der Waals surface area contributed by atoms with E-state index in [1.165, 1.54) is 38.1 Å². The minimum atomic E-state index is 0. The second-order valence-corrected chi connectivity index (χ2v) is 13.0. The zero-order valence-electron chi connectivity index (χ0n) is 25.9. The van der Waals surface area contributed by atoms with E-state index in [-0.39, 0.29) is 25.5 Å². The molecule has 5 aromatic carbocycles. The number of hydrogen-bond donors (Lipinski definition) is 0. The van der Waals surface area contributed by atoms with E-state index in [2.05, 4.69) is 122 Å². The van der Waals surface area contributed by atoms with Crippen LogP contribution in [0, 0.1) is 12.1 Å². The molecule has 5 heteroatoms. The van der Waals surface area contributed by atoms with Crippen LogP contribution in [0.15, 0.2) is 140 Å². The van der Waals surface area contributed by atoms with Crippen molar-refractivity contribution in [1.29, 1.82) is 0 Å². The maximum absolute atomic E-state index is 4.79. The fourth-order valence-electron chi connectivity index (χ4n) is 6.29. The zero-order chi connectivity index (χ0) is 31.1. The first kappa shape index (κ1) is 30.8. The Hall–Kier alpha value is -4.80. The van der Waals surface area contributed by atoms with Gasteiger partial charge in [-0.3, -0.25) is 15.0 Å². The molecule has 3 nitrogen and oxygen atoms in total. The third-order valence-electron chi connectivity index (χ3n) is 8.71. The van der Waals surface area contributed by atoms with Crippen LogP contribution in [0.5, 0.6) is 0 Å². The van der Waals surface area contributed by atoms with Crippen LogP contribution in [0.1, 0.15) is 25.0 Å². The summed E-state index contributed by atoms with van der Waals surface area (Å²) in [5.74, 6) is 0. The molecular weight excluding hydrogens is 771 g/mol. The summed E-state index contributed by atoms with van der Waals surface area (Å²) in [6.45, 7) is 4.57. The van der Waals surface area contributed by atoms with Gasteiger partial charge in [-0.25, -0.2) is 0 Å². The molecule has 0 amide bonds. The van der Waals surface area contributed by atoms with Gasteiger partial charge in [0.05, 0.1) is 11.0 Å². The second kappa shape index (κ2) is 12.8. The van der Waals surface area contributed by atoms with Crippen LogP contribution in [-0.4, -0.2) is 15.0 Å². The van der Waals surface area contributed by atoms with Gasteiger partial charge in [-0.1, -0.05) is 98.3 Å². The summed E-state index contributed by atoms with van der Waals surface area (Å²) in [6, 6.07) is 50.8. The van der Waals surface area contributed by atoms with Gasteiger partial charge in [0, 0.05) is 47.6 Å². The number of fused-ring (bicyclic) bond motifs is 5. The van der Waals surface area contributed by atoms with Crippen LogP contribution in [0.2, 0.25) is 0 Å². The topological polar surface area (TPSA) is 38.7 Å². The molecule has 9 rings (SSSR count). The molecule has 3 heterocycles. The third-order valence-corrected chi connectivity index (χ3v) is 9.78. The predicted molar refractivity (Wildman–Crippen MR) is 191 cm³/mol. The minimum absolute atomic E-state index is 0. The smallest absolute Gasteiger partial charge is 0.0697 e. The van der Waals surface area contributed by atoms with Gasteiger partial charge < -0.3 is 0 Å². The van der Waals surface area contributed by atoms with Gasteiger partial charge in [0.25, 0.3) is 0 Å². The van der Waals surface area contributed by atoms with Crippen molar-refractivity contribution in [2.24, 2.45) is 0 Å². The van der Waals surface area contributed by atoms with E-state index in [0.717, 1.165) is 38.2 Å². The Morgan fingerprint density at radius 1 is 0.638 bits per heavy atom. The molecule has 1 radical (unpaired) electrons. The van der Waals surface area contributed by atoms with Crippen LogP contribution >= 0.6 is 11.3 Å². The first-order valence-electron chi connectivity index (χ1n) is 15.3. The third kappa shape index (κ3) is 5.83. The van der Waals surface area contributed by atoms with Gasteiger partial charge in [-0.05, 0) is 46.0 Å². The number of benzene rings is 5. The molecule has 229 valence electrons. The van der Waals surface area contributed by atoms with Crippen molar-refractivity contribution >= 4 is 32.5 Å². The van der Waals surface area contributed by atoms with Gasteiger partial charge >= 0.3 is 0 Å². The van der Waals surface area contributed by atoms with E-state index in [1.807, 2.05) is 42.6 Å². The minimum Gasteiger partial charge on any atom is -0.296 e. The molecule has 47 heavy (non-hydrogen) atoms. The number of hydrogen-bond acceptors (Lipinski definition) is 4. The number of nitrogens with zero attached hydrogens (tertiary/aromatic N) is 3. The van der Waals surface area contributed by atoms with Crippen molar-refractivity contribution in [3.8, 4) is 44.1 Å².